The first-order chi connectivity index (χ1) is 16.2. The molecule has 0 saturated carbocycles. The predicted molar refractivity (Wildman–Crippen MR) is 125 cm³/mol. The van der Waals surface area contributed by atoms with Gasteiger partial charge in [0.2, 0.25) is 5.94 Å². The van der Waals surface area contributed by atoms with Crippen molar-refractivity contribution in [1.29, 1.82) is 0 Å². The number of fused-ring (bicyclic) bond motifs is 1. The van der Waals surface area contributed by atoms with Gasteiger partial charge in [0.25, 0.3) is 20.0 Å². The number of hydrogen-bond donors (Lipinski definition) is 1. The van der Waals surface area contributed by atoms with Gasteiger partial charge in [-0.25, -0.2) is 26.0 Å². The van der Waals surface area contributed by atoms with Crippen molar-refractivity contribution < 1.29 is 30.8 Å². The van der Waals surface area contributed by atoms with E-state index in [4.69, 9.17) is 4.74 Å². The van der Waals surface area contributed by atoms with E-state index in [1.54, 1.807) is 24.3 Å². The molecule has 11 heteroatoms. The molecule has 0 bridgehead atoms. The second kappa shape index (κ2) is 9.43. The number of benzene rings is 3. The van der Waals surface area contributed by atoms with Crippen LogP contribution in [0.1, 0.15) is 22.3 Å². The zero-order valence-electron chi connectivity index (χ0n) is 17.8. The summed E-state index contributed by atoms with van der Waals surface area (Å²) >= 11 is 0. The van der Waals surface area contributed by atoms with Crippen molar-refractivity contribution >= 4 is 37.4 Å². The summed E-state index contributed by atoms with van der Waals surface area (Å²) in [4.78, 5) is 12.0. The Kier molecular flexibility index (Phi) is 6.58. The van der Waals surface area contributed by atoms with Crippen molar-refractivity contribution in [2.24, 2.45) is 0 Å². The fourth-order valence-electron chi connectivity index (χ4n) is 3.59. The smallest absolute Gasteiger partial charge is 0.339 e. The molecule has 0 aliphatic carbocycles. The minimum atomic E-state index is -4.08. The highest BCUT2D eigenvalue weighted by Crippen LogP contribution is 2.34. The number of carbonyl (C=O) groups is 1. The van der Waals surface area contributed by atoms with Crippen molar-refractivity contribution in [3.8, 4) is 0 Å². The number of sulfonamides is 2. The number of anilines is 2. The van der Waals surface area contributed by atoms with E-state index in [0.717, 1.165) is 17.7 Å². The average molecular weight is 505 g/mol. The lowest BCUT2D eigenvalue weighted by molar-refractivity contribution is 0.0571. The number of rotatable bonds is 7. The monoisotopic (exact) mass is 504 g/mol. The Balaban J connectivity index is 1.54. The summed E-state index contributed by atoms with van der Waals surface area (Å²) in [7, 11) is -8.06. The zero-order chi connectivity index (χ0) is 24.3. The third-order valence-corrected chi connectivity index (χ3v) is 7.99. The molecule has 4 rings (SSSR count). The van der Waals surface area contributed by atoms with E-state index < -0.39 is 37.8 Å². The maximum Gasteiger partial charge on any atom is 0.339 e. The van der Waals surface area contributed by atoms with Crippen LogP contribution in [-0.2, 0) is 31.2 Å². The summed E-state index contributed by atoms with van der Waals surface area (Å²) in [6.07, 6.45) is 1.19. The average Bonchev–Trinajstić information content (AvgIpc) is 2.82. The second-order valence-electron chi connectivity index (χ2n) is 7.61. The molecule has 3 aromatic rings. The van der Waals surface area contributed by atoms with Crippen LogP contribution in [0.15, 0.2) is 77.7 Å². The molecular weight excluding hydrogens is 483 g/mol. The molecule has 0 amide bonds. The largest absolute Gasteiger partial charge is 0.444 e. The molecule has 3 aromatic carbocycles. The summed E-state index contributed by atoms with van der Waals surface area (Å²) in [6.45, 7) is 0.192. The van der Waals surface area contributed by atoms with E-state index in [0.29, 0.717) is 18.5 Å². The number of hydrogen-bond acceptors (Lipinski definition) is 6. The Labute approximate surface area is 197 Å². The van der Waals surface area contributed by atoms with E-state index in [2.05, 4.69) is 4.72 Å². The Morgan fingerprint density at radius 2 is 1.68 bits per heavy atom. The molecule has 1 aliphatic rings. The lowest BCUT2D eigenvalue weighted by atomic mass is 10.0. The van der Waals surface area contributed by atoms with Crippen molar-refractivity contribution in [2.75, 3.05) is 21.5 Å². The van der Waals surface area contributed by atoms with E-state index >= 15 is 0 Å². The second-order valence-corrected chi connectivity index (χ2v) is 11.1. The molecule has 0 spiro atoms. The highest BCUT2D eigenvalue weighted by molar-refractivity contribution is 7.93. The molecule has 0 unspecified atom stereocenters. The summed E-state index contributed by atoms with van der Waals surface area (Å²) in [5, 5.41) is 0. The van der Waals surface area contributed by atoms with Crippen LogP contribution in [0.25, 0.3) is 0 Å². The van der Waals surface area contributed by atoms with Crippen LogP contribution in [0.2, 0.25) is 0 Å². The number of carbonyl (C=O) groups excluding carboxylic acids is 1. The normalized spacial score (nSPS) is 13.7. The molecule has 0 saturated heterocycles. The molecule has 0 aromatic heterocycles. The molecule has 34 heavy (non-hydrogen) atoms. The van der Waals surface area contributed by atoms with Crippen LogP contribution in [0.4, 0.5) is 15.8 Å². The molecule has 1 aliphatic heterocycles. The number of ether oxygens (including phenoxy) is 1. The summed E-state index contributed by atoms with van der Waals surface area (Å²) < 4.78 is 73.0. The van der Waals surface area contributed by atoms with Crippen molar-refractivity contribution in [3.05, 3.63) is 89.7 Å². The highest BCUT2D eigenvalue weighted by atomic mass is 32.2. The van der Waals surface area contributed by atoms with Gasteiger partial charge in [0, 0.05) is 6.54 Å². The number of aryl methyl sites for hydroxylation is 1. The molecule has 178 valence electrons. The minimum absolute atomic E-state index is 0.0689. The third kappa shape index (κ3) is 5.20. The van der Waals surface area contributed by atoms with E-state index in [9.17, 15) is 26.0 Å². The SMILES string of the molecule is O=C(OCS(=O)(=O)Nc1ccc2c(c1)N(S(=O)(=O)c1ccc(F)cc1)CCC2)c1ccccc1. The van der Waals surface area contributed by atoms with Gasteiger partial charge in [0.1, 0.15) is 5.82 Å². The van der Waals surface area contributed by atoms with Gasteiger partial charge in [-0.15, -0.1) is 0 Å². The molecule has 8 nitrogen and oxygen atoms in total. The van der Waals surface area contributed by atoms with Gasteiger partial charge in [0.05, 0.1) is 21.8 Å². The standard InChI is InChI=1S/C23H21FN2O6S2/c24-19-9-12-21(13-10-19)34(30,31)26-14-4-7-17-8-11-20(15-22(17)26)25-33(28,29)16-32-23(27)18-5-2-1-3-6-18/h1-3,5-6,8-13,15,25H,4,7,14,16H2. The van der Waals surface area contributed by atoms with Gasteiger partial charge in [-0.1, -0.05) is 24.3 Å². The number of nitrogens with one attached hydrogen (secondary N) is 1. The summed E-state index contributed by atoms with van der Waals surface area (Å²) in [6, 6.07) is 17.1. The fourth-order valence-corrected chi connectivity index (χ4v) is 5.93. The first-order valence-corrected chi connectivity index (χ1v) is 13.4. The summed E-state index contributed by atoms with van der Waals surface area (Å²) in [5.74, 6) is -2.24. The Morgan fingerprint density at radius 1 is 0.971 bits per heavy atom. The number of nitrogens with zero attached hydrogens (tertiary/aromatic N) is 1. The van der Waals surface area contributed by atoms with Crippen LogP contribution in [-0.4, -0.2) is 35.3 Å². The molecular formula is C23H21FN2O6S2. The van der Waals surface area contributed by atoms with Gasteiger partial charge in [-0.3, -0.25) is 9.03 Å². The van der Waals surface area contributed by atoms with Gasteiger partial charge in [-0.2, -0.15) is 0 Å². The van der Waals surface area contributed by atoms with Crippen molar-refractivity contribution in [1.82, 2.24) is 0 Å². The van der Waals surface area contributed by atoms with Gasteiger partial charge in [-0.05, 0) is 66.9 Å². The van der Waals surface area contributed by atoms with Gasteiger partial charge in [0.15, 0.2) is 0 Å². The lowest BCUT2D eigenvalue weighted by Crippen LogP contribution is -2.35. The minimum Gasteiger partial charge on any atom is -0.444 e. The van der Waals surface area contributed by atoms with E-state index in [1.165, 1.54) is 40.7 Å². The third-order valence-electron chi connectivity index (χ3n) is 5.19. The highest BCUT2D eigenvalue weighted by Gasteiger charge is 2.29. The maximum atomic E-state index is 13.3. The lowest BCUT2D eigenvalue weighted by Gasteiger charge is -2.31. The molecule has 1 N–H and O–H groups in total. The Morgan fingerprint density at radius 3 is 2.38 bits per heavy atom. The first-order valence-electron chi connectivity index (χ1n) is 10.3. The number of halogens is 1. The van der Waals surface area contributed by atoms with Crippen LogP contribution < -0.4 is 9.03 Å². The van der Waals surface area contributed by atoms with Crippen molar-refractivity contribution in [3.63, 3.8) is 0 Å². The van der Waals surface area contributed by atoms with Crippen LogP contribution in [0.5, 0.6) is 0 Å². The zero-order valence-corrected chi connectivity index (χ0v) is 19.5. The van der Waals surface area contributed by atoms with E-state index in [1.807, 2.05) is 0 Å². The number of esters is 1. The van der Waals surface area contributed by atoms with Crippen LogP contribution >= 0.6 is 0 Å². The first kappa shape index (κ1) is 23.7. The maximum absolute atomic E-state index is 13.3. The molecule has 0 atom stereocenters. The van der Waals surface area contributed by atoms with Gasteiger partial charge >= 0.3 is 5.97 Å². The van der Waals surface area contributed by atoms with Crippen molar-refractivity contribution in [2.45, 2.75) is 17.7 Å². The quantitative estimate of drug-likeness (QED) is 0.493. The topological polar surface area (TPSA) is 110 Å². The van der Waals surface area contributed by atoms with E-state index in [-0.39, 0.29) is 22.7 Å². The fraction of sp³-hybridized carbons (Fsp3) is 0.174. The Bertz CT molecular complexity index is 1410. The van der Waals surface area contributed by atoms with Gasteiger partial charge < -0.3 is 4.74 Å². The molecule has 0 radical (unpaired) electrons. The molecule has 0 fully saturated rings. The van der Waals surface area contributed by atoms with Crippen LogP contribution in [0, 0.1) is 5.82 Å². The Hall–Kier alpha value is -3.44. The summed E-state index contributed by atoms with van der Waals surface area (Å²) in [5.41, 5.74) is 1.40. The molecule has 1 heterocycles. The predicted octanol–water partition coefficient (Wildman–Crippen LogP) is 3.52. The van der Waals surface area contributed by atoms with Crippen LogP contribution in [0.3, 0.4) is 0 Å².